The van der Waals surface area contributed by atoms with Gasteiger partial charge in [-0.2, -0.15) is 0 Å². The summed E-state index contributed by atoms with van der Waals surface area (Å²) in [6.45, 7) is 18.4. The van der Waals surface area contributed by atoms with Crippen molar-refractivity contribution in [3.63, 3.8) is 0 Å². The van der Waals surface area contributed by atoms with Crippen LogP contribution >= 0.6 is 0 Å². The predicted molar refractivity (Wildman–Crippen MR) is 82.7 cm³/mol. The quantitative estimate of drug-likeness (QED) is 0.765. The highest BCUT2D eigenvalue weighted by Gasteiger charge is 2.42. The molecule has 0 aromatic heterocycles. The van der Waals surface area contributed by atoms with Crippen LogP contribution in [0.1, 0.15) is 68.7 Å². The molecule has 2 nitrogen and oxygen atoms in total. The zero-order chi connectivity index (χ0) is 15.7. The Balaban J connectivity index is 5.10. The molecule has 0 aliphatic carbocycles. The van der Waals surface area contributed by atoms with Gasteiger partial charge in [0.2, 0.25) is 5.91 Å². The van der Waals surface area contributed by atoms with Crippen LogP contribution < -0.4 is 5.32 Å². The largest absolute Gasteiger partial charge is 0.350 e. The second kappa shape index (κ2) is 5.19. The van der Waals surface area contributed by atoms with E-state index in [2.05, 4.69) is 52.8 Å². The summed E-state index contributed by atoms with van der Waals surface area (Å²) >= 11 is 0. The maximum absolute atomic E-state index is 12.2. The lowest BCUT2D eigenvalue weighted by Crippen LogP contribution is -2.57. The van der Waals surface area contributed by atoms with Crippen LogP contribution in [-0.4, -0.2) is 11.4 Å². The maximum Gasteiger partial charge on any atom is 0.225 e. The van der Waals surface area contributed by atoms with E-state index >= 15 is 0 Å². The van der Waals surface area contributed by atoms with E-state index in [1.54, 1.807) is 0 Å². The smallest absolute Gasteiger partial charge is 0.225 e. The first kappa shape index (κ1) is 18.0. The Kier molecular flexibility index (Phi) is 4.93. The van der Waals surface area contributed by atoms with E-state index in [9.17, 15) is 4.79 Å². The minimum atomic E-state index is -0.380. The molecule has 0 saturated carbocycles. The van der Waals surface area contributed by atoms with Crippen molar-refractivity contribution >= 4 is 5.91 Å². The first-order valence-corrected chi connectivity index (χ1v) is 6.95. The molecule has 0 radical (unpaired) electrons. The van der Waals surface area contributed by atoms with Crippen molar-refractivity contribution in [2.24, 2.45) is 16.2 Å². The van der Waals surface area contributed by atoms with E-state index in [1.807, 2.05) is 20.8 Å². The fourth-order valence-corrected chi connectivity index (χ4v) is 2.02. The van der Waals surface area contributed by atoms with E-state index in [1.165, 1.54) is 0 Å². The third-order valence-electron chi connectivity index (χ3n) is 4.07. The van der Waals surface area contributed by atoms with Gasteiger partial charge in [-0.05, 0) is 39.5 Å². The molecule has 0 atom stereocenters. The summed E-state index contributed by atoms with van der Waals surface area (Å²) in [5.74, 6) is 2.91. The molecule has 0 saturated heterocycles. The molecule has 0 heterocycles. The number of carbonyl (C=O) groups is 1. The summed E-state index contributed by atoms with van der Waals surface area (Å²) in [5, 5.41) is 3.18. The zero-order valence-corrected chi connectivity index (χ0v) is 14.2. The number of amides is 1. The van der Waals surface area contributed by atoms with E-state index < -0.39 is 0 Å². The number of terminal acetylenes is 1. The highest BCUT2D eigenvalue weighted by molar-refractivity contribution is 5.82. The van der Waals surface area contributed by atoms with Crippen LogP contribution in [-0.2, 0) is 4.79 Å². The molecular formula is C17H31NO. The molecular weight excluding hydrogens is 234 g/mol. The molecule has 0 bridgehead atoms. The molecule has 0 rings (SSSR count). The molecule has 0 aliphatic rings. The summed E-state index contributed by atoms with van der Waals surface area (Å²) in [5.41, 5.74) is -0.961. The van der Waals surface area contributed by atoms with E-state index in [0.29, 0.717) is 0 Å². The van der Waals surface area contributed by atoms with Crippen molar-refractivity contribution in [2.45, 2.75) is 74.3 Å². The van der Waals surface area contributed by atoms with Crippen molar-refractivity contribution < 1.29 is 4.79 Å². The lowest BCUT2D eigenvalue weighted by molar-refractivity contribution is -0.132. The topological polar surface area (TPSA) is 29.1 Å². The summed E-state index contributed by atoms with van der Waals surface area (Å²) in [6, 6.07) is 0. The second-order valence-electron chi connectivity index (χ2n) is 8.42. The highest BCUT2D eigenvalue weighted by Crippen LogP contribution is 2.41. The van der Waals surface area contributed by atoms with Crippen molar-refractivity contribution in [1.29, 1.82) is 0 Å². The monoisotopic (exact) mass is 265 g/mol. The summed E-state index contributed by atoms with van der Waals surface area (Å²) in [4.78, 5) is 12.2. The molecule has 0 spiro atoms. The van der Waals surface area contributed by atoms with Crippen molar-refractivity contribution in [1.82, 2.24) is 5.32 Å². The lowest BCUT2D eigenvalue weighted by atomic mass is 9.65. The number of hydrogen-bond donors (Lipinski definition) is 1. The zero-order valence-electron chi connectivity index (χ0n) is 14.2. The van der Waals surface area contributed by atoms with Gasteiger partial charge in [-0.1, -0.05) is 34.6 Å². The first-order chi connectivity index (χ1) is 8.15. The van der Waals surface area contributed by atoms with E-state index in [0.717, 1.165) is 6.42 Å². The van der Waals surface area contributed by atoms with Gasteiger partial charge in [0.25, 0.3) is 0 Å². The Morgan fingerprint density at radius 3 is 1.74 bits per heavy atom. The maximum atomic E-state index is 12.2. The molecule has 19 heavy (non-hydrogen) atoms. The Hall–Kier alpha value is -0.970. The van der Waals surface area contributed by atoms with Gasteiger partial charge < -0.3 is 5.32 Å². The van der Waals surface area contributed by atoms with Crippen LogP contribution in [0.2, 0.25) is 0 Å². The minimum absolute atomic E-state index is 0.0732. The van der Waals surface area contributed by atoms with Crippen LogP contribution in [0.5, 0.6) is 0 Å². The van der Waals surface area contributed by atoms with Gasteiger partial charge in [0.05, 0.1) is 0 Å². The lowest BCUT2D eigenvalue weighted by Gasteiger charge is -2.46. The average molecular weight is 265 g/mol. The highest BCUT2D eigenvalue weighted by atomic mass is 16.2. The summed E-state index contributed by atoms with van der Waals surface area (Å²) in [7, 11) is 0. The summed E-state index contributed by atoms with van der Waals surface area (Å²) in [6.07, 6.45) is 6.45. The molecule has 0 unspecified atom stereocenters. The van der Waals surface area contributed by atoms with Crippen LogP contribution in [0.15, 0.2) is 0 Å². The average Bonchev–Trinajstić information content (AvgIpc) is 2.13. The number of carbonyl (C=O) groups excluding carboxylic acids is 1. The van der Waals surface area contributed by atoms with Crippen molar-refractivity contribution in [2.75, 3.05) is 0 Å². The van der Waals surface area contributed by atoms with Gasteiger partial charge in [0.1, 0.15) is 0 Å². The van der Waals surface area contributed by atoms with Gasteiger partial charge in [0, 0.05) is 16.4 Å². The third kappa shape index (κ3) is 4.90. The minimum Gasteiger partial charge on any atom is -0.350 e. The van der Waals surface area contributed by atoms with Crippen LogP contribution in [0, 0.1) is 28.6 Å². The van der Waals surface area contributed by atoms with Crippen LogP contribution in [0.25, 0.3) is 0 Å². The predicted octanol–water partition coefficient (Wildman–Crippen LogP) is 4.00. The molecule has 110 valence electrons. The standard InChI is InChI=1S/C17H31NO/c1-11-15(5,6)12-16(7,8)17(9,10)18-13(19)14(2,3)4/h1H,12H2,2-10H3,(H,18,19). The Labute approximate surface area is 119 Å². The third-order valence-corrected chi connectivity index (χ3v) is 4.07. The molecule has 0 fully saturated rings. The molecule has 0 aliphatic heterocycles. The van der Waals surface area contributed by atoms with Gasteiger partial charge in [-0.15, -0.1) is 12.3 Å². The van der Waals surface area contributed by atoms with Gasteiger partial charge in [-0.3, -0.25) is 4.79 Å². The van der Waals surface area contributed by atoms with Crippen molar-refractivity contribution in [3.05, 3.63) is 0 Å². The number of hydrogen-bond acceptors (Lipinski definition) is 1. The second-order valence-corrected chi connectivity index (χ2v) is 8.42. The Morgan fingerprint density at radius 1 is 1.00 bits per heavy atom. The molecule has 1 amide bonds. The summed E-state index contributed by atoms with van der Waals surface area (Å²) < 4.78 is 0. The SMILES string of the molecule is C#CC(C)(C)CC(C)(C)C(C)(C)NC(=O)C(C)(C)C. The van der Waals surface area contributed by atoms with Gasteiger partial charge in [0.15, 0.2) is 0 Å². The van der Waals surface area contributed by atoms with Gasteiger partial charge in [-0.25, -0.2) is 0 Å². The Morgan fingerprint density at radius 2 is 1.42 bits per heavy atom. The molecule has 0 aromatic rings. The van der Waals surface area contributed by atoms with Crippen molar-refractivity contribution in [3.8, 4) is 12.3 Å². The first-order valence-electron chi connectivity index (χ1n) is 6.95. The molecule has 2 heteroatoms. The molecule has 1 N–H and O–H groups in total. The Bertz CT molecular complexity index is 375. The van der Waals surface area contributed by atoms with E-state index in [4.69, 9.17) is 6.42 Å². The fraction of sp³-hybridized carbons (Fsp3) is 0.824. The van der Waals surface area contributed by atoms with Gasteiger partial charge >= 0.3 is 0 Å². The fourth-order valence-electron chi connectivity index (χ4n) is 2.02. The normalized spacial score (nSPS) is 13.9. The van der Waals surface area contributed by atoms with Crippen LogP contribution in [0.3, 0.4) is 0 Å². The number of rotatable bonds is 4. The van der Waals surface area contributed by atoms with E-state index in [-0.39, 0.29) is 27.7 Å². The number of nitrogens with one attached hydrogen (secondary N) is 1. The van der Waals surface area contributed by atoms with Crippen LogP contribution in [0.4, 0.5) is 0 Å². The molecule has 0 aromatic carbocycles.